The Bertz CT molecular complexity index is 660. The molecule has 132 valence electrons. The Morgan fingerprint density at radius 3 is 1.71 bits per heavy atom. The van der Waals surface area contributed by atoms with Gasteiger partial charge in [0.05, 0.1) is 0 Å². The third-order valence-corrected chi connectivity index (χ3v) is 5.65. The highest BCUT2D eigenvalue weighted by Gasteiger charge is 2.31. The van der Waals surface area contributed by atoms with Gasteiger partial charge < -0.3 is 4.43 Å². The van der Waals surface area contributed by atoms with E-state index in [-0.39, 0.29) is 10.8 Å². The van der Waals surface area contributed by atoms with E-state index in [1.54, 1.807) is 11.3 Å². The molecule has 2 aromatic rings. The predicted octanol–water partition coefficient (Wildman–Crippen LogP) is 7.22. The van der Waals surface area contributed by atoms with Crippen molar-refractivity contribution < 1.29 is 4.43 Å². The maximum absolute atomic E-state index is 6.63. The van der Waals surface area contributed by atoms with Gasteiger partial charge in [0.15, 0.2) is 0 Å². The quantitative estimate of drug-likeness (QED) is 0.525. The Morgan fingerprint density at radius 2 is 1.38 bits per heavy atom. The van der Waals surface area contributed by atoms with Crippen molar-refractivity contribution in [1.82, 2.24) is 0 Å². The lowest BCUT2D eigenvalue weighted by atomic mass is 9.78. The summed E-state index contributed by atoms with van der Waals surface area (Å²) in [5.41, 5.74) is 4.04. The van der Waals surface area contributed by atoms with Gasteiger partial charge in [-0.15, -0.1) is 11.3 Å². The van der Waals surface area contributed by atoms with Gasteiger partial charge in [-0.3, -0.25) is 0 Å². The average molecular weight is 361 g/mol. The molecule has 0 N–H and O–H groups in total. The summed E-state index contributed by atoms with van der Waals surface area (Å²) < 4.78 is 6.63. The van der Waals surface area contributed by atoms with Crippen LogP contribution >= 0.6 is 11.3 Å². The lowest BCUT2D eigenvalue weighted by Crippen LogP contribution is -2.32. The zero-order valence-electron chi connectivity index (χ0n) is 16.7. The SMILES string of the molecule is CC(C)(C)c1cc(-c2cccs2)cc(C(C)(C)C)c1O[Si](C)(C)C. The summed E-state index contributed by atoms with van der Waals surface area (Å²) in [5.74, 6) is 1.12. The minimum atomic E-state index is -1.70. The van der Waals surface area contributed by atoms with Gasteiger partial charge in [-0.25, -0.2) is 0 Å². The van der Waals surface area contributed by atoms with Crippen LogP contribution in [0.5, 0.6) is 5.75 Å². The molecule has 1 heterocycles. The molecular weight excluding hydrogens is 328 g/mol. The fourth-order valence-corrected chi connectivity index (χ4v) is 4.29. The Hall–Kier alpha value is -1.06. The van der Waals surface area contributed by atoms with Crippen molar-refractivity contribution in [2.75, 3.05) is 0 Å². The van der Waals surface area contributed by atoms with Crippen LogP contribution in [0, 0.1) is 0 Å². The largest absolute Gasteiger partial charge is 0.544 e. The molecule has 2 rings (SSSR count). The van der Waals surface area contributed by atoms with Crippen molar-refractivity contribution >= 4 is 19.7 Å². The molecule has 0 spiro atoms. The molecule has 1 aromatic carbocycles. The molecule has 0 saturated heterocycles. The Kier molecular flexibility index (Phi) is 5.09. The van der Waals surface area contributed by atoms with E-state index in [2.05, 4.69) is 90.8 Å². The van der Waals surface area contributed by atoms with Crippen molar-refractivity contribution in [3.8, 4) is 16.2 Å². The van der Waals surface area contributed by atoms with Gasteiger partial charge in [-0.2, -0.15) is 0 Å². The first-order valence-electron chi connectivity index (χ1n) is 8.71. The van der Waals surface area contributed by atoms with Gasteiger partial charge in [-0.1, -0.05) is 47.6 Å². The van der Waals surface area contributed by atoms with Crippen LogP contribution in [0.2, 0.25) is 19.6 Å². The van der Waals surface area contributed by atoms with Crippen LogP contribution in [-0.2, 0) is 10.8 Å². The van der Waals surface area contributed by atoms with E-state index in [0.29, 0.717) is 0 Å². The minimum Gasteiger partial charge on any atom is -0.544 e. The lowest BCUT2D eigenvalue weighted by Gasteiger charge is -2.34. The Labute approximate surface area is 153 Å². The third-order valence-electron chi connectivity index (χ3n) is 3.92. The molecule has 0 unspecified atom stereocenters. The van der Waals surface area contributed by atoms with Gasteiger partial charge in [0.25, 0.3) is 0 Å². The molecule has 0 aliphatic heterocycles. The van der Waals surface area contributed by atoms with Crippen LogP contribution in [0.15, 0.2) is 29.6 Å². The Morgan fingerprint density at radius 1 is 0.875 bits per heavy atom. The fourth-order valence-electron chi connectivity index (χ4n) is 2.74. The predicted molar refractivity (Wildman–Crippen MR) is 111 cm³/mol. The Balaban J connectivity index is 2.80. The van der Waals surface area contributed by atoms with Crippen LogP contribution in [0.1, 0.15) is 52.7 Å². The smallest absolute Gasteiger partial charge is 0.242 e. The van der Waals surface area contributed by atoms with Crippen molar-refractivity contribution in [3.63, 3.8) is 0 Å². The van der Waals surface area contributed by atoms with Crippen molar-refractivity contribution in [1.29, 1.82) is 0 Å². The molecule has 0 aliphatic rings. The molecule has 0 bridgehead atoms. The first-order chi connectivity index (χ1) is 10.8. The second kappa shape index (κ2) is 6.34. The van der Waals surface area contributed by atoms with E-state index in [1.165, 1.54) is 21.6 Å². The first kappa shape index (κ1) is 19.3. The molecule has 0 aliphatic carbocycles. The van der Waals surface area contributed by atoms with Crippen LogP contribution in [-0.4, -0.2) is 8.32 Å². The highest BCUT2D eigenvalue weighted by Crippen LogP contribution is 2.44. The molecular formula is C21H32OSSi. The molecule has 24 heavy (non-hydrogen) atoms. The molecule has 0 fully saturated rings. The van der Waals surface area contributed by atoms with E-state index in [9.17, 15) is 0 Å². The van der Waals surface area contributed by atoms with Crippen LogP contribution in [0.25, 0.3) is 10.4 Å². The lowest BCUT2D eigenvalue weighted by molar-refractivity contribution is 0.478. The topological polar surface area (TPSA) is 9.23 Å². The average Bonchev–Trinajstić information content (AvgIpc) is 2.88. The highest BCUT2D eigenvalue weighted by molar-refractivity contribution is 7.13. The number of hydrogen-bond donors (Lipinski definition) is 0. The molecule has 1 aromatic heterocycles. The zero-order chi connectivity index (χ0) is 18.3. The maximum atomic E-state index is 6.63. The van der Waals surface area contributed by atoms with Crippen LogP contribution in [0.4, 0.5) is 0 Å². The molecule has 0 atom stereocenters. The van der Waals surface area contributed by atoms with E-state index >= 15 is 0 Å². The van der Waals surface area contributed by atoms with Crippen molar-refractivity contribution in [2.24, 2.45) is 0 Å². The van der Waals surface area contributed by atoms with E-state index < -0.39 is 8.32 Å². The summed E-state index contributed by atoms with van der Waals surface area (Å²) >= 11 is 1.80. The normalized spacial score (nSPS) is 13.2. The third kappa shape index (κ3) is 4.51. The summed E-state index contributed by atoms with van der Waals surface area (Å²) in [5, 5.41) is 2.15. The standard InChI is InChI=1S/C21H32OSSi/c1-20(2,3)16-13-15(18-11-10-12-23-18)14-17(21(4,5)6)19(16)22-24(7,8)9/h10-14H,1-9H3. The molecule has 0 saturated carbocycles. The summed E-state index contributed by atoms with van der Waals surface area (Å²) in [6.45, 7) is 20.5. The number of benzene rings is 1. The van der Waals surface area contributed by atoms with Crippen LogP contribution in [0.3, 0.4) is 0 Å². The molecule has 3 heteroatoms. The van der Waals surface area contributed by atoms with Gasteiger partial charge in [-0.05, 0) is 70.7 Å². The van der Waals surface area contributed by atoms with E-state index in [1.807, 2.05) is 0 Å². The molecule has 0 amide bonds. The number of hydrogen-bond acceptors (Lipinski definition) is 2. The molecule has 0 radical (unpaired) electrons. The zero-order valence-corrected chi connectivity index (χ0v) is 18.5. The van der Waals surface area contributed by atoms with E-state index in [0.717, 1.165) is 5.75 Å². The van der Waals surface area contributed by atoms with Crippen molar-refractivity contribution in [3.05, 3.63) is 40.8 Å². The summed E-state index contributed by atoms with van der Waals surface area (Å²) in [6, 6.07) is 9.02. The monoisotopic (exact) mass is 360 g/mol. The van der Waals surface area contributed by atoms with Gasteiger partial charge in [0, 0.05) is 4.88 Å². The second-order valence-corrected chi connectivity index (χ2v) is 15.0. The minimum absolute atomic E-state index is 0.0439. The van der Waals surface area contributed by atoms with Crippen LogP contribution < -0.4 is 4.43 Å². The summed E-state index contributed by atoms with van der Waals surface area (Å²) in [7, 11) is -1.70. The first-order valence-corrected chi connectivity index (χ1v) is 13.0. The highest BCUT2D eigenvalue weighted by atomic mass is 32.1. The molecule has 1 nitrogen and oxygen atoms in total. The van der Waals surface area contributed by atoms with E-state index in [4.69, 9.17) is 4.43 Å². The summed E-state index contributed by atoms with van der Waals surface area (Å²) in [4.78, 5) is 1.32. The fraction of sp³-hybridized carbons (Fsp3) is 0.524. The van der Waals surface area contributed by atoms with Gasteiger partial charge in [0.1, 0.15) is 5.75 Å². The van der Waals surface area contributed by atoms with Crippen molar-refractivity contribution in [2.45, 2.75) is 72.0 Å². The number of rotatable bonds is 3. The second-order valence-electron chi connectivity index (χ2n) is 9.59. The maximum Gasteiger partial charge on any atom is 0.242 e. The van der Waals surface area contributed by atoms with Gasteiger partial charge in [0.2, 0.25) is 8.32 Å². The number of thiophene rings is 1. The van der Waals surface area contributed by atoms with Gasteiger partial charge >= 0.3 is 0 Å². The summed E-state index contributed by atoms with van der Waals surface area (Å²) in [6.07, 6.45) is 0.